The standard InChI is InChI=1S/C35H27NO4S2/c1-24(37)40-36-33(21-22-41-32-20-11-25-7-5-6-10-29(25)23-32)35(39)28-14-18-31(19-15-28)42-30-16-12-27(13-17-30)34(38)26-8-3-2-4-9-26/h2-20,23H,21-22H2,1H3. The minimum absolute atomic E-state index is 0.0168. The summed E-state index contributed by atoms with van der Waals surface area (Å²) in [5, 5.41) is 6.21. The van der Waals surface area contributed by atoms with Gasteiger partial charge in [0, 0.05) is 50.5 Å². The molecular formula is C35H27NO4S2. The molecule has 0 heterocycles. The Labute approximate surface area is 253 Å². The van der Waals surface area contributed by atoms with Crippen molar-refractivity contribution in [1.29, 1.82) is 0 Å². The summed E-state index contributed by atoms with van der Waals surface area (Å²) in [4.78, 5) is 45.2. The quantitative estimate of drug-likeness (QED) is 0.0506. The third-order valence-corrected chi connectivity index (χ3v) is 8.39. The van der Waals surface area contributed by atoms with Gasteiger partial charge < -0.3 is 4.84 Å². The topological polar surface area (TPSA) is 72.8 Å². The van der Waals surface area contributed by atoms with Crippen LogP contribution in [0.1, 0.15) is 39.6 Å². The van der Waals surface area contributed by atoms with E-state index >= 15 is 0 Å². The molecule has 208 valence electrons. The zero-order valence-corrected chi connectivity index (χ0v) is 24.5. The fourth-order valence-electron chi connectivity index (χ4n) is 4.25. The molecule has 0 saturated carbocycles. The number of thioether (sulfide) groups is 1. The minimum atomic E-state index is -0.578. The monoisotopic (exact) mass is 589 g/mol. The van der Waals surface area contributed by atoms with Crippen LogP contribution in [-0.4, -0.2) is 29.0 Å². The average Bonchev–Trinajstić information content (AvgIpc) is 3.03. The van der Waals surface area contributed by atoms with Gasteiger partial charge in [0.1, 0.15) is 5.71 Å². The van der Waals surface area contributed by atoms with Gasteiger partial charge >= 0.3 is 5.97 Å². The SMILES string of the molecule is CC(=O)ON=C(CCSc1ccc2ccccc2c1)C(=O)c1ccc(Sc2ccc(C(=O)c3ccccc3)cc2)cc1. The Kier molecular flexibility index (Phi) is 9.64. The first-order valence-electron chi connectivity index (χ1n) is 13.3. The number of Topliss-reactive ketones (excluding diaryl/α,β-unsaturated/α-hetero) is 1. The summed E-state index contributed by atoms with van der Waals surface area (Å²) in [5.74, 6) is -0.278. The highest BCUT2D eigenvalue weighted by Crippen LogP contribution is 2.29. The van der Waals surface area contributed by atoms with Gasteiger partial charge in [-0.05, 0) is 71.4 Å². The molecule has 5 nitrogen and oxygen atoms in total. The van der Waals surface area contributed by atoms with Crippen LogP contribution in [-0.2, 0) is 9.63 Å². The van der Waals surface area contributed by atoms with Crippen molar-refractivity contribution in [2.75, 3.05) is 5.75 Å². The number of oxime groups is 1. The van der Waals surface area contributed by atoms with Crippen molar-refractivity contribution in [2.45, 2.75) is 28.0 Å². The molecule has 0 unspecified atom stereocenters. The number of ketones is 2. The Morgan fingerprint density at radius 3 is 1.88 bits per heavy atom. The molecule has 0 aliphatic carbocycles. The van der Waals surface area contributed by atoms with Crippen molar-refractivity contribution in [3.63, 3.8) is 0 Å². The molecule has 42 heavy (non-hydrogen) atoms. The summed E-state index contributed by atoms with van der Waals surface area (Å²) in [5.41, 5.74) is 1.94. The van der Waals surface area contributed by atoms with Gasteiger partial charge in [-0.15, -0.1) is 11.8 Å². The van der Waals surface area contributed by atoms with Crippen molar-refractivity contribution in [2.24, 2.45) is 5.16 Å². The number of nitrogens with zero attached hydrogens (tertiary/aromatic N) is 1. The molecule has 5 aromatic carbocycles. The Morgan fingerprint density at radius 2 is 1.21 bits per heavy atom. The molecular weight excluding hydrogens is 563 g/mol. The van der Waals surface area contributed by atoms with Gasteiger partial charge in [0.2, 0.25) is 5.78 Å². The fourth-order valence-corrected chi connectivity index (χ4v) is 5.97. The van der Waals surface area contributed by atoms with Crippen LogP contribution in [0.2, 0.25) is 0 Å². The van der Waals surface area contributed by atoms with Crippen LogP contribution in [0.15, 0.2) is 141 Å². The zero-order chi connectivity index (χ0) is 29.3. The van der Waals surface area contributed by atoms with Crippen molar-refractivity contribution in [3.05, 3.63) is 138 Å². The molecule has 0 atom stereocenters. The Morgan fingerprint density at radius 1 is 0.643 bits per heavy atom. The third kappa shape index (κ3) is 7.63. The van der Waals surface area contributed by atoms with Gasteiger partial charge in [0.15, 0.2) is 5.78 Å². The van der Waals surface area contributed by atoms with Crippen LogP contribution >= 0.6 is 23.5 Å². The van der Waals surface area contributed by atoms with Gasteiger partial charge in [-0.3, -0.25) is 9.59 Å². The van der Waals surface area contributed by atoms with Gasteiger partial charge in [0.25, 0.3) is 0 Å². The van der Waals surface area contributed by atoms with Gasteiger partial charge in [-0.25, -0.2) is 4.79 Å². The fraction of sp³-hybridized carbons (Fsp3) is 0.0857. The average molecular weight is 590 g/mol. The van der Waals surface area contributed by atoms with Crippen LogP contribution in [0.25, 0.3) is 10.8 Å². The predicted octanol–water partition coefficient (Wildman–Crippen LogP) is 8.51. The van der Waals surface area contributed by atoms with E-state index in [4.69, 9.17) is 4.84 Å². The molecule has 0 spiro atoms. The highest BCUT2D eigenvalue weighted by Gasteiger charge is 2.16. The maximum atomic E-state index is 13.3. The second-order valence-corrected chi connectivity index (χ2v) is 11.7. The number of fused-ring (bicyclic) bond motifs is 1. The molecule has 5 aromatic rings. The number of carbonyl (C=O) groups excluding carboxylic acids is 3. The van der Waals surface area contributed by atoms with E-state index in [0.717, 1.165) is 20.1 Å². The van der Waals surface area contributed by atoms with E-state index in [9.17, 15) is 14.4 Å². The van der Waals surface area contributed by atoms with E-state index in [1.54, 1.807) is 36.0 Å². The summed E-state index contributed by atoms with van der Waals surface area (Å²) in [7, 11) is 0. The molecule has 5 rings (SSSR count). The molecule has 0 aliphatic rings. The smallest absolute Gasteiger partial charge is 0.318 e. The van der Waals surface area contributed by atoms with Crippen molar-refractivity contribution < 1.29 is 19.2 Å². The molecule has 0 saturated heterocycles. The molecule has 0 aromatic heterocycles. The lowest BCUT2D eigenvalue weighted by Gasteiger charge is -2.08. The number of hydrogen-bond donors (Lipinski definition) is 0. The maximum absolute atomic E-state index is 13.3. The highest BCUT2D eigenvalue weighted by molar-refractivity contribution is 7.99. The lowest BCUT2D eigenvalue weighted by Crippen LogP contribution is -2.16. The van der Waals surface area contributed by atoms with Crippen LogP contribution in [0, 0.1) is 0 Å². The Hall–Kier alpha value is -4.46. The molecule has 0 fully saturated rings. The van der Waals surface area contributed by atoms with Crippen LogP contribution < -0.4 is 0 Å². The lowest BCUT2D eigenvalue weighted by molar-refractivity contribution is -0.140. The largest absolute Gasteiger partial charge is 0.331 e. The van der Waals surface area contributed by atoms with E-state index in [-0.39, 0.29) is 17.3 Å². The Balaban J connectivity index is 1.21. The number of carbonyl (C=O) groups is 3. The van der Waals surface area contributed by atoms with Gasteiger partial charge in [0.05, 0.1) is 0 Å². The Bertz CT molecular complexity index is 1750. The summed E-state index contributed by atoms with van der Waals surface area (Å²) < 4.78 is 0. The first-order chi connectivity index (χ1) is 20.5. The molecule has 0 aliphatic heterocycles. The van der Waals surface area contributed by atoms with E-state index in [1.165, 1.54) is 24.1 Å². The second kappa shape index (κ2) is 13.9. The van der Waals surface area contributed by atoms with Gasteiger partial charge in [-0.2, -0.15) is 0 Å². The third-order valence-electron chi connectivity index (χ3n) is 6.38. The van der Waals surface area contributed by atoms with Crippen LogP contribution in [0.5, 0.6) is 0 Å². The minimum Gasteiger partial charge on any atom is -0.318 e. The summed E-state index contributed by atoms with van der Waals surface area (Å²) in [6.07, 6.45) is 0.341. The van der Waals surface area contributed by atoms with E-state index < -0.39 is 5.97 Å². The predicted molar refractivity (Wildman–Crippen MR) is 170 cm³/mol. The van der Waals surface area contributed by atoms with E-state index in [1.807, 2.05) is 66.7 Å². The van der Waals surface area contributed by atoms with E-state index in [0.29, 0.717) is 28.9 Å². The summed E-state index contributed by atoms with van der Waals surface area (Å²) in [6, 6.07) is 38.3. The molecule has 7 heteroatoms. The molecule has 0 bridgehead atoms. The number of benzene rings is 5. The first kappa shape index (κ1) is 29.0. The first-order valence-corrected chi connectivity index (χ1v) is 15.1. The second-order valence-electron chi connectivity index (χ2n) is 9.40. The van der Waals surface area contributed by atoms with Crippen LogP contribution in [0.4, 0.5) is 0 Å². The number of rotatable bonds is 11. The lowest BCUT2D eigenvalue weighted by atomic mass is 10.0. The maximum Gasteiger partial charge on any atom is 0.331 e. The zero-order valence-electron chi connectivity index (χ0n) is 22.9. The molecule has 0 amide bonds. The number of hydrogen-bond acceptors (Lipinski definition) is 7. The summed E-state index contributed by atoms with van der Waals surface area (Å²) >= 11 is 3.15. The highest BCUT2D eigenvalue weighted by atomic mass is 32.2. The molecule has 0 radical (unpaired) electrons. The van der Waals surface area contributed by atoms with E-state index in [2.05, 4.69) is 35.5 Å². The molecule has 0 N–H and O–H groups in total. The van der Waals surface area contributed by atoms with Crippen molar-refractivity contribution >= 4 is 57.5 Å². The van der Waals surface area contributed by atoms with Crippen LogP contribution in [0.3, 0.4) is 0 Å². The van der Waals surface area contributed by atoms with Crippen molar-refractivity contribution in [3.8, 4) is 0 Å². The summed E-state index contributed by atoms with van der Waals surface area (Å²) in [6.45, 7) is 1.26. The normalized spacial score (nSPS) is 11.3. The van der Waals surface area contributed by atoms with Gasteiger partial charge in [-0.1, -0.05) is 77.6 Å². The van der Waals surface area contributed by atoms with Crippen molar-refractivity contribution in [1.82, 2.24) is 0 Å².